The van der Waals surface area contributed by atoms with Crippen LogP contribution in [0.1, 0.15) is 23.1 Å². The van der Waals surface area contributed by atoms with Gasteiger partial charge >= 0.3 is 0 Å². The van der Waals surface area contributed by atoms with Crippen molar-refractivity contribution >= 4 is 0 Å². The van der Waals surface area contributed by atoms with Gasteiger partial charge in [-0.3, -0.25) is 0 Å². The van der Waals surface area contributed by atoms with Crippen LogP contribution in [0.3, 0.4) is 0 Å². The van der Waals surface area contributed by atoms with Gasteiger partial charge in [-0.05, 0) is 37.7 Å². The monoisotopic (exact) mass is 231 g/mol. The molecule has 0 saturated heterocycles. The molecule has 1 aromatic carbocycles. The first-order valence-corrected chi connectivity index (χ1v) is 5.43. The minimum atomic E-state index is -0.234. The number of nitrogens with one attached hydrogen (secondary N) is 1. The van der Waals surface area contributed by atoms with Gasteiger partial charge in [0.15, 0.2) is 0 Å². The molecule has 1 N–H and O–H groups in total. The molecule has 88 valence electrons. The topological polar surface area (TPSA) is 37.8 Å². The first-order valence-electron chi connectivity index (χ1n) is 5.43. The molecule has 0 bridgehead atoms. The van der Waals surface area contributed by atoms with Gasteiger partial charge in [0.25, 0.3) is 0 Å². The zero-order valence-electron chi connectivity index (χ0n) is 9.81. The third kappa shape index (κ3) is 2.65. The van der Waals surface area contributed by atoms with Crippen LogP contribution in [-0.2, 0) is 0 Å². The highest BCUT2D eigenvalue weighted by atomic mass is 19.1. The van der Waals surface area contributed by atoms with E-state index in [0.29, 0.717) is 0 Å². The van der Waals surface area contributed by atoms with Gasteiger partial charge in [0.1, 0.15) is 11.6 Å². The Hall–Kier alpha value is -1.81. The van der Waals surface area contributed by atoms with Crippen LogP contribution in [0.15, 0.2) is 36.5 Å². The third-order valence-corrected chi connectivity index (χ3v) is 2.59. The van der Waals surface area contributed by atoms with Crippen molar-refractivity contribution in [2.24, 2.45) is 0 Å². The molecule has 3 nitrogen and oxygen atoms in total. The molecule has 1 aromatic heterocycles. The van der Waals surface area contributed by atoms with Crippen molar-refractivity contribution in [3.63, 3.8) is 0 Å². The summed E-state index contributed by atoms with van der Waals surface area (Å²) in [6.07, 6.45) is 1.73. The van der Waals surface area contributed by atoms with Crippen LogP contribution in [0.5, 0.6) is 0 Å². The minimum Gasteiger partial charge on any atom is -0.308 e. The van der Waals surface area contributed by atoms with E-state index in [1.54, 1.807) is 18.3 Å². The Bertz CT molecular complexity index is 496. The highest BCUT2D eigenvalue weighted by Crippen LogP contribution is 2.19. The van der Waals surface area contributed by atoms with Crippen LogP contribution in [0.4, 0.5) is 4.39 Å². The van der Waals surface area contributed by atoms with Gasteiger partial charge in [-0.15, -0.1) is 0 Å². The molecule has 0 radical (unpaired) electrons. The highest BCUT2D eigenvalue weighted by Gasteiger charge is 2.13. The summed E-state index contributed by atoms with van der Waals surface area (Å²) >= 11 is 0. The fourth-order valence-electron chi connectivity index (χ4n) is 1.78. The van der Waals surface area contributed by atoms with E-state index in [4.69, 9.17) is 0 Å². The Kier molecular flexibility index (Phi) is 3.44. The Labute approximate surface area is 99.7 Å². The first kappa shape index (κ1) is 11.7. The van der Waals surface area contributed by atoms with Crippen molar-refractivity contribution in [1.82, 2.24) is 15.3 Å². The van der Waals surface area contributed by atoms with Crippen LogP contribution >= 0.6 is 0 Å². The second-order valence-electron chi connectivity index (χ2n) is 3.80. The Morgan fingerprint density at radius 2 is 1.88 bits per heavy atom. The summed E-state index contributed by atoms with van der Waals surface area (Å²) in [5.41, 5.74) is 1.86. The summed E-state index contributed by atoms with van der Waals surface area (Å²) in [5, 5.41) is 3.17. The number of aryl methyl sites for hydroxylation is 1. The van der Waals surface area contributed by atoms with Gasteiger partial charge in [0, 0.05) is 6.20 Å². The molecule has 4 heteroatoms. The average molecular weight is 231 g/mol. The molecule has 2 aromatic rings. The van der Waals surface area contributed by atoms with Gasteiger partial charge in [0.05, 0.1) is 11.7 Å². The quantitative estimate of drug-likeness (QED) is 0.880. The first-order chi connectivity index (χ1) is 8.20. The molecule has 1 heterocycles. The Morgan fingerprint density at radius 1 is 1.18 bits per heavy atom. The lowest BCUT2D eigenvalue weighted by atomic mass is 10.0. The van der Waals surface area contributed by atoms with Gasteiger partial charge in [-0.2, -0.15) is 0 Å². The van der Waals surface area contributed by atoms with Crippen molar-refractivity contribution in [3.05, 3.63) is 59.4 Å². The molecule has 0 saturated carbocycles. The maximum atomic E-state index is 12.9. The smallest absolute Gasteiger partial charge is 0.125 e. The van der Waals surface area contributed by atoms with Gasteiger partial charge in [-0.1, -0.05) is 12.1 Å². The summed E-state index contributed by atoms with van der Waals surface area (Å²) in [6, 6.07) is 8.23. The van der Waals surface area contributed by atoms with E-state index in [1.165, 1.54) is 12.1 Å². The Balaban J connectivity index is 2.36. The standard InChI is InChI=1S/C13H14FN3/c1-9-16-8-7-12(17-9)13(15-2)10-3-5-11(14)6-4-10/h3-8,13,15H,1-2H3. The van der Waals surface area contributed by atoms with Crippen LogP contribution in [0.2, 0.25) is 0 Å². The van der Waals surface area contributed by atoms with Crippen LogP contribution in [0.25, 0.3) is 0 Å². The lowest BCUT2D eigenvalue weighted by molar-refractivity contribution is 0.621. The van der Waals surface area contributed by atoms with Crippen LogP contribution in [0, 0.1) is 12.7 Å². The van der Waals surface area contributed by atoms with Crippen LogP contribution in [-0.4, -0.2) is 17.0 Å². The molecule has 2 rings (SSSR count). The number of halogens is 1. The number of aromatic nitrogens is 2. The average Bonchev–Trinajstić information content (AvgIpc) is 2.33. The number of nitrogens with zero attached hydrogens (tertiary/aromatic N) is 2. The predicted molar refractivity (Wildman–Crippen MR) is 64.1 cm³/mol. The second kappa shape index (κ2) is 5.01. The SMILES string of the molecule is CNC(c1ccc(F)cc1)c1ccnc(C)n1. The molecular formula is C13H14FN3. The van der Waals surface area contributed by atoms with E-state index in [-0.39, 0.29) is 11.9 Å². The summed E-state index contributed by atoms with van der Waals surface area (Å²) in [7, 11) is 1.85. The molecule has 0 aliphatic carbocycles. The number of benzene rings is 1. The number of hydrogen-bond donors (Lipinski definition) is 1. The summed E-state index contributed by atoms with van der Waals surface area (Å²) in [5.74, 6) is 0.493. The summed E-state index contributed by atoms with van der Waals surface area (Å²) in [6.45, 7) is 1.85. The fourth-order valence-corrected chi connectivity index (χ4v) is 1.78. The Morgan fingerprint density at radius 3 is 2.47 bits per heavy atom. The third-order valence-electron chi connectivity index (χ3n) is 2.59. The largest absolute Gasteiger partial charge is 0.308 e. The van der Waals surface area contributed by atoms with E-state index in [0.717, 1.165) is 17.1 Å². The van der Waals surface area contributed by atoms with E-state index >= 15 is 0 Å². The van der Waals surface area contributed by atoms with Crippen molar-refractivity contribution in [2.75, 3.05) is 7.05 Å². The van der Waals surface area contributed by atoms with E-state index in [1.807, 2.05) is 20.0 Å². The molecule has 0 aliphatic rings. The molecule has 0 aliphatic heterocycles. The summed E-state index contributed by atoms with van der Waals surface area (Å²) < 4.78 is 12.9. The molecule has 0 fully saturated rings. The summed E-state index contributed by atoms with van der Waals surface area (Å²) in [4.78, 5) is 8.44. The molecular weight excluding hydrogens is 217 g/mol. The molecule has 1 unspecified atom stereocenters. The molecule has 0 amide bonds. The molecule has 0 spiro atoms. The molecule has 17 heavy (non-hydrogen) atoms. The van der Waals surface area contributed by atoms with E-state index in [2.05, 4.69) is 15.3 Å². The second-order valence-corrected chi connectivity index (χ2v) is 3.80. The fraction of sp³-hybridized carbons (Fsp3) is 0.231. The number of hydrogen-bond acceptors (Lipinski definition) is 3. The lowest BCUT2D eigenvalue weighted by Crippen LogP contribution is -2.19. The zero-order valence-corrected chi connectivity index (χ0v) is 9.81. The highest BCUT2D eigenvalue weighted by molar-refractivity contribution is 5.27. The van der Waals surface area contributed by atoms with Crippen molar-refractivity contribution < 1.29 is 4.39 Å². The maximum Gasteiger partial charge on any atom is 0.125 e. The minimum absolute atomic E-state index is 0.0442. The van der Waals surface area contributed by atoms with E-state index < -0.39 is 0 Å². The van der Waals surface area contributed by atoms with Crippen molar-refractivity contribution in [2.45, 2.75) is 13.0 Å². The predicted octanol–water partition coefficient (Wildman–Crippen LogP) is 2.23. The van der Waals surface area contributed by atoms with Gasteiger partial charge in [-0.25, -0.2) is 14.4 Å². The normalized spacial score (nSPS) is 12.4. The maximum absolute atomic E-state index is 12.9. The lowest BCUT2D eigenvalue weighted by Gasteiger charge is -2.16. The van der Waals surface area contributed by atoms with Crippen molar-refractivity contribution in [3.8, 4) is 0 Å². The van der Waals surface area contributed by atoms with Gasteiger partial charge < -0.3 is 5.32 Å². The molecule has 1 atom stereocenters. The zero-order chi connectivity index (χ0) is 12.3. The van der Waals surface area contributed by atoms with E-state index in [9.17, 15) is 4.39 Å². The van der Waals surface area contributed by atoms with Crippen LogP contribution < -0.4 is 5.32 Å². The van der Waals surface area contributed by atoms with Gasteiger partial charge in [0.2, 0.25) is 0 Å². The van der Waals surface area contributed by atoms with Crippen molar-refractivity contribution in [1.29, 1.82) is 0 Å². The number of rotatable bonds is 3.